The van der Waals surface area contributed by atoms with Crippen LogP contribution in [0.4, 0.5) is 0 Å². The van der Waals surface area contributed by atoms with Gasteiger partial charge in [-0.05, 0) is 37.0 Å². The number of rotatable bonds is 7. The smallest absolute Gasteiger partial charge is 0.242 e. The van der Waals surface area contributed by atoms with Crippen LogP contribution in [-0.4, -0.2) is 32.4 Å². The van der Waals surface area contributed by atoms with E-state index in [1.54, 1.807) is 19.2 Å². The number of benzene rings is 1. The molecule has 4 nitrogen and oxygen atoms in total. The molecule has 0 atom stereocenters. The third-order valence-corrected chi connectivity index (χ3v) is 5.17. The summed E-state index contributed by atoms with van der Waals surface area (Å²) in [6, 6.07) is 7.85. The number of nitrogens with one attached hydrogen (secondary N) is 1. The van der Waals surface area contributed by atoms with Gasteiger partial charge in [-0.15, -0.1) is 0 Å². The fourth-order valence-electron chi connectivity index (χ4n) is 1.98. The van der Waals surface area contributed by atoms with Gasteiger partial charge in [0.25, 0.3) is 0 Å². The van der Waals surface area contributed by atoms with E-state index in [-0.39, 0.29) is 0 Å². The van der Waals surface area contributed by atoms with Gasteiger partial charge in [-0.1, -0.05) is 19.1 Å². The van der Waals surface area contributed by atoms with Crippen molar-refractivity contribution in [2.24, 2.45) is 0 Å². The minimum absolute atomic E-state index is 0.388. The van der Waals surface area contributed by atoms with Crippen LogP contribution < -0.4 is 5.32 Å². The Kier molecular flexibility index (Phi) is 4.60. The molecule has 5 heteroatoms. The molecule has 2 rings (SSSR count). The lowest BCUT2D eigenvalue weighted by Crippen LogP contribution is -2.27. The van der Waals surface area contributed by atoms with Gasteiger partial charge in [0.05, 0.1) is 4.90 Å². The van der Waals surface area contributed by atoms with Gasteiger partial charge in [-0.25, -0.2) is 12.7 Å². The van der Waals surface area contributed by atoms with Crippen LogP contribution in [0, 0.1) is 0 Å². The van der Waals surface area contributed by atoms with Crippen LogP contribution in [0.3, 0.4) is 0 Å². The van der Waals surface area contributed by atoms with E-state index in [9.17, 15) is 8.42 Å². The molecule has 0 aliphatic heterocycles. The third kappa shape index (κ3) is 3.78. The van der Waals surface area contributed by atoms with E-state index in [0.717, 1.165) is 18.5 Å². The highest BCUT2D eigenvalue weighted by Gasteiger charge is 2.22. The summed E-state index contributed by atoms with van der Waals surface area (Å²) in [7, 11) is -1.71. The van der Waals surface area contributed by atoms with Crippen molar-refractivity contribution in [1.29, 1.82) is 0 Å². The summed E-state index contributed by atoms with van der Waals surface area (Å²) >= 11 is 0. The van der Waals surface area contributed by atoms with Crippen molar-refractivity contribution in [1.82, 2.24) is 9.62 Å². The third-order valence-electron chi connectivity index (χ3n) is 3.32. The molecule has 1 fully saturated rings. The van der Waals surface area contributed by atoms with Gasteiger partial charge in [0, 0.05) is 26.2 Å². The normalized spacial score (nSPS) is 15.9. The van der Waals surface area contributed by atoms with Crippen LogP contribution in [0.25, 0.3) is 0 Å². The molecule has 0 saturated heterocycles. The van der Waals surface area contributed by atoms with E-state index in [1.807, 2.05) is 19.1 Å². The quantitative estimate of drug-likeness (QED) is 0.832. The van der Waals surface area contributed by atoms with Crippen LogP contribution in [-0.2, 0) is 16.6 Å². The Morgan fingerprint density at radius 3 is 2.74 bits per heavy atom. The van der Waals surface area contributed by atoms with Crippen LogP contribution in [0.5, 0.6) is 0 Å². The van der Waals surface area contributed by atoms with Gasteiger partial charge < -0.3 is 5.32 Å². The van der Waals surface area contributed by atoms with Crippen molar-refractivity contribution in [3.63, 3.8) is 0 Å². The van der Waals surface area contributed by atoms with Crippen LogP contribution in [0.15, 0.2) is 29.2 Å². The van der Waals surface area contributed by atoms with Crippen molar-refractivity contribution >= 4 is 10.0 Å². The van der Waals surface area contributed by atoms with Gasteiger partial charge in [-0.2, -0.15) is 0 Å². The largest absolute Gasteiger partial charge is 0.310 e. The molecular weight excluding hydrogens is 260 g/mol. The van der Waals surface area contributed by atoms with E-state index in [1.165, 1.54) is 17.1 Å². The first-order chi connectivity index (χ1) is 9.04. The second-order valence-electron chi connectivity index (χ2n) is 5.13. The first-order valence-corrected chi connectivity index (χ1v) is 8.26. The predicted octanol–water partition coefficient (Wildman–Crippen LogP) is 1.97. The zero-order chi connectivity index (χ0) is 13.9. The summed E-state index contributed by atoms with van der Waals surface area (Å²) in [6.45, 7) is 3.26. The molecule has 1 saturated carbocycles. The number of hydrogen-bond donors (Lipinski definition) is 1. The van der Waals surface area contributed by atoms with Crippen molar-refractivity contribution in [2.75, 3.05) is 13.6 Å². The molecule has 0 spiro atoms. The highest BCUT2D eigenvalue weighted by Crippen LogP contribution is 2.20. The zero-order valence-corrected chi connectivity index (χ0v) is 12.4. The molecule has 19 heavy (non-hydrogen) atoms. The van der Waals surface area contributed by atoms with Gasteiger partial charge in [0.1, 0.15) is 0 Å². The maximum atomic E-state index is 12.3. The summed E-state index contributed by atoms with van der Waals surface area (Å²) in [5.74, 6) is 0. The van der Waals surface area contributed by atoms with Crippen molar-refractivity contribution in [3.8, 4) is 0 Å². The number of sulfonamides is 1. The molecule has 1 aliphatic rings. The van der Waals surface area contributed by atoms with Crippen molar-refractivity contribution < 1.29 is 8.42 Å². The average molecular weight is 282 g/mol. The minimum Gasteiger partial charge on any atom is -0.310 e. The number of hydrogen-bond acceptors (Lipinski definition) is 3. The van der Waals surface area contributed by atoms with E-state index < -0.39 is 10.0 Å². The maximum absolute atomic E-state index is 12.3. The zero-order valence-electron chi connectivity index (χ0n) is 11.6. The van der Waals surface area contributed by atoms with Gasteiger partial charge >= 0.3 is 0 Å². The molecule has 1 aromatic rings. The SMILES string of the molecule is CCCN(C)S(=O)(=O)c1cccc(CNC2CC2)c1. The second-order valence-corrected chi connectivity index (χ2v) is 7.17. The van der Waals surface area contributed by atoms with E-state index in [0.29, 0.717) is 17.5 Å². The fraction of sp³-hybridized carbons (Fsp3) is 0.571. The lowest BCUT2D eigenvalue weighted by Gasteiger charge is -2.16. The molecule has 0 radical (unpaired) electrons. The topological polar surface area (TPSA) is 49.4 Å². The highest BCUT2D eigenvalue weighted by molar-refractivity contribution is 7.89. The summed E-state index contributed by atoms with van der Waals surface area (Å²) in [5, 5.41) is 3.40. The predicted molar refractivity (Wildman–Crippen MR) is 76.4 cm³/mol. The van der Waals surface area contributed by atoms with E-state index in [4.69, 9.17) is 0 Å². The first-order valence-electron chi connectivity index (χ1n) is 6.82. The Morgan fingerprint density at radius 1 is 1.37 bits per heavy atom. The molecule has 1 N–H and O–H groups in total. The van der Waals surface area contributed by atoms with Gasteiger partial charge in [-0.3, -0.25) is 0 Å². The summed E-state index contributed by atoms with van der Waals surface area (Å²) in [6.07, 6.45) is 3.28. The molecule has 106 valence electrons. The molecule has 0 heterocycles. The Bertz CT molecular complexity index is 524. The van der Waals surface area contributed by atoms with E-state index in [2.05, 4.69) is 5.32 Å². The van der Waals surface area contributed by atoms with Gasteiger partial charge in [0.2, 0.25) is 10.0 Å². The summed E-state index contributed by atoms with van der Waals surface area (Å²) in [5.41, 5.74) is 1.03. The highest BCUT2D eigenvalue weighted by atomic mass is 32.2. The second kappa shape index (κ2) is 6.03. The molecule has 0 amide bonds. The van der Waals surface area contributed by atoms with Crippen molar-refractivity contribution in [2.45, 2.75) is 43.7 Å². The van der Waals surface area contributed by atoms with Crippen LogP contribution in [0.2, 0.25) is 0 Å². The van der Waals surface area contributed by atoms with Gasteiger partial charge in [0.15, 0.2) is 0 Å². The Labute approximate surface area is 115 Å². The maximum Gasteiger partial charge on any atom is 0.242 e. The molecule has 1 aromatic carbocycles. The molecule has 0 aromatic heterocycles. The lowest BCUT2D eigenvalue weighted by molar-refractivity contribution is 0.468. The average Bonchev–Trinajstić information content (AvgIpc) is 3.21. The Morgan fingerprint density at radius 2 is 2.11 bits per heavy atom. The van der Waals surface area contributed by atoms with E-state index >= 15 is 0 Å². The minimum atomic E-state index is -3.34. The summed E-state index contributed by atoms with van der Waals surface area (Å²) in [4.78, 5) is 0.388. The molecular formula is C14H22N2O2S. The summed E-state index contributed by atoms with van der Waals surface area (Å²) < 4.78 is 26.1. The monoisotopic (exact) mass is 282 g/mol. The molecule has 0 unspecified atom stereocenters. The fourth-order valence-corrected chi connectivity index (χ4v) is 3.31. The van der Waals surface area contributed by atoms with Crippen molar-refractivity contribution in [3.05, 3.63) is 29.8 Å². The molecule has 1 aliphatic carbocycles. The molecule has 0 bridgehead atoms. The number of nitrogens with zero attached hydrogens (tertiary/aromatic N) is 1. The first kappa shape index (κ1) is 14.5. The lowest BCUT2D eigenvalue weighted by atomic mass is 10.2. The van der Waals surface area contributed by atoms with Crippen LogP contribution in [0.1, 0.15) is 31.7 Å². The van der Waals surface area contributed by atoms with Crippen LogP contribution >= 0.6 is 0 Å². The Hall–Kier alpha value is -0.910. The Balaban J connectivity index is 2.12. The standard InChI is InChI=1S/C14H22N2O2S/c1-3-9-16(2)19(17,18)14-6-4-5-12(10-14)11-15-13-7-8-13/h4-6,10,13,15H,3,7-9,11H2,1-2H3.